The van der Waals surface area contributed by atoms with Gasteiger partial charge in [0.2, 0.25) is 11.8 Å². The van der Waals surface area contributed by atoms with Crippen LogP contribution in [0.1, 0.15) is 27.7 Å². The average molecular weight is 436 g/mol. The van der Waals surface area contributed by atoms with Crippen molar-refractivity contribution in [1.29, 1.82) is 0 Å². The summed E-state index contributed by atoms with van der Waals surface area (Å²) in [6.07, 6.45) is 0. The van der Waals surface area contributed by atoms with E-state index in [9.17, 15) is 9.59 Å². The van der Waals surface area contributed by atoms with E-state index in [-0.39, 0.29) is 11.8 Å². The summed E-state index contributed by atoms with van der Waals surface area (Å²) >= 11 is 1.36. The number of thioether (sulfide) groups is 1. The number of benzene rings is 2. The second kappa shape index (κ2) is 8.19. The van der Waals surface area contributed by atoms with Crippen LogP contribution in [-0.2, 0) is 16.1 Å². The van der Waals surface area contributed by atoms with Gasteiger partial charge in [0.15, 0.2) is 11.0 Å². The molecule has 0 fully saturated rings. The highest BCUT2D eigenvalue weighted by Crippen LogP contribution is 2.38. The molecule has 2 amide bonds. The molecule has 160 valence electrons. The highest BCUT2D eigenvalue weighted by atomic mass is 32.2. The molecule has 1 N–H and O–H groups in total. The van der Waals surface area contributed by atoms with Crippen LogP contribution in [0.3, 0.4) is 0 Å². The van der Waals surface area contributed by atoms with Crippen LogP contribution >= 0.6 is 11.8 Å². The fourth-order valence-electron chi connectivity index (χ4n) is 3.70. The van der Waals surface area contributed by atoms with Crippen molar-refractivity contribution in [2.45, 2.75) is 50.2 Å². The van der Waals surface area contributed by atoms with Crippen molar-refractivity contribution in [3.63, 3.8) is 0 Å². The van der Waals surface area contributed by atoms with Crippen molar-refractivity contribution < 1.29 is 9.59 Å². The number of fused-ring (bicyclic) bond motifs is 1. The summed E-state index contributed by atoms with van der Waals surface area (Å²) in [5.41, 5.74) is 1.31. The zero-order chi connectivity index (χ0) is 22.2. The Morgan fingerprint density at radius 1 is 1.10 bits per heavy atom. The monoisotopic (exact) mass is 435 g/mol. The molecule has 1 unspecified atom stereocenters. The first-order valence-electron chi connectivity index (χ1n) is 10.2. The second-order valence-electron chi connectivity index (χ2n) is 7.88. The maximum absolute atomic E-state index is 13.6. The smallest absolute Gasteiger partial charge is 0.250 e. The Morgan fingerprint density at radius 3 is 2.48 bits per heavy atom. The first-order chi connectivity index (χ1) is 14.8. The third-order valence-electron chi connectivity index (χ3n) is 5.42. The van der Waals surface area contributed by atoms with Gasteiger partial charge in [-0.3, -0.25) is 14.5 Å². The van der Waals surface area contributed by atoms with Gasteiger partial charge in [0, 0.05) is 12.1 Å². The van der Waals surface area contributed by atoms with E-state index in [4.69, 9.17) is 0 Å². The van der Waals surface area contributed by atoms with Crippen LogP contribution < -0.4 is 10.2 Å². The number of amides is 2. The summed E-state index contributed by atoms with van der Waals surface area (Å²) in [4.78, 5) is 27.9. The molecule has 7 nitrogen and oxygen atoms in total. The van der Waals surface area contributed by atoms with E-state index in [0.29, 0.717) is 23.1 Å². The molecule has 0 aliphatic carbocycles. The lowest BCUT2D eigenvalue weighted by Crippen LogP contribution is -2.60. The lowest BCUT2D eigenvalue weighted by molar-refractivity contribution is -0.126. The molecule has 8 heteroatoms. The number of carbonyl (C=O) groups is 2. The molecular weight excluding hydrogens is 410 g/mol. The van der Waals surface area contributed by atoms with E-state index in [2.05, 4.69) is 15.5 Å². The number of rotatable bonds is 5. The fourth-order valence-corrected chi connectivity index (χ4v) is 4.65. The third kappa shape index (κ3) is 3.72. The maximum Gasteiger partial charge on any atom is 0.250 e. The van der Waals surface area contributed by atoms with Gasteiger partial charge in [0.25, 0.3) is 0 Å². The first kappa shape index (κ1) is 21.1. The molecule has 1 aromatic heterocycles. The maximum atomic E-state index is 13.6. The van der Waals surface area contributed by atoms with Gasteiger partial charge in [0.05, 0.1) is 16.6 Å². The summed E-state index contributed by atoms with van der Waals surface area (Å²) in [6.45, 7) is 8.07. The molecule has 2 aromatic carbocycles. The predicted molar refractivity (Wildman–Crippen MR) is 123 cm³/mol. The molecule has 0 spiro atoms. The minimum Gasteiger partial charge on any atom is -0.322 e. The highest BCUT2D eigenvalue weighted by molar-refractivity contribution is 8.00. The summed E-state index contributed by atoms with van der Waals surface area (Å²) in [5, 5.41) is 11.8. The van der Waals surface area contributed by atoms with Crippen molar-refractivity contribution in [1.82, 2.24) is 14.8 Å². The van der Waals surface area contributed by atoms with Gasteiger partial charge in [-0.05, 0) is 39.8 Å². The van der Waals surface area contributed by atoms with Crippen LogP contribution in [0.15, 0.2) is 59.8 Å². The number of nitrogens with one attached hydrogen (secondary N) is 1. The zero-order valence-electron chi connectivity index (χ0n) is 18.0. The number of nitrogens with zero attached hydrogens (tertiary/aromatic N) is 4. The zero-order valence-corrected chi connectivity index (χ0v) is 18.8. The Balaban J connectivity index is 1.64. The molecular formula is C23H25N5O2S. The SMILES string of the molecule is CCn1c(SC(C)C(=O)N2c3ccccc3NC(=O)C2(C)C)nnc1-c1ccccc1. The summed E-state index contributed by atoms with van der Waals surface area (Å²) < 4.78 is 2.01. The third-order valence-corrected chi connectivity index (χ3v) is 6.49. The van der Waals surface area contributed by atoms with Gasteiger partial charge in [-0.1, -0.05) is 54.2 Å². The van der Waals surface area contributed by atoms with Gasteiger partial charge in [-0.2, -0.15) is 0 Å². The number of aromatic nitrogens is 3. The number of anilines is 2. The average Bonchev–Trinajstić information content (AvgIpc) is 3.17. The number of hydrogen-bond acceptors (Lipinski definition) is 5. The van der Waals surface area contributed by atoms with Crippen LogP contribution in [0.25, 0.3) is 11.4 Å². The highest BCUT2D eigenvalue weighted by Gasteiger charge is 2.45. The van der Waals surface area contributed by atoms with E-state index in [1.165, 1.54) is 11.8 Å². The van der Waals surface area contributed by atoms with E-state index < -0.39 is 10.8 Å². The molecule has 1 aliphatic heterocycles. The molecule has 0 saturated carbocycles. The predicted octanol–water partition coefficient (Wildman–Crippen LogP) is 4.21. The summed E-state index contributed by atoms with van der Waals surface area (Å²) in [6, 6.07) is 17.2. The number of carbonyl (C=O) groups excluding carboxylic acids is 2. The van der Waals surface area contributed by atoms with Gasteiger partial charge in [-0.25, -0.2) is 0 Å². The van der Waals surface area contributed by atoms with Gasteiger partial charge < -0.3 is 9.88 Å². The molecule has 1 atom stereocenters. The lowest BCUT2D eigenvalue weighted by atomic mass is 9.96. The topological polar surface area (TPSA) is 80.1 Å². The van der Waals surface area contributed by atoms with Crippen molar-refractivity contribution in [3.8, 4) is 11.4 Å². The minimum atomic E-state index is -1.01. The minimum absolute atomic E-state index is 0.149. The van der Waals surface area contributed by atoms with Gasteiger partial charge >= 0.3 is 0 Å². The van der Waals surface area contributed by atoms with Gasteiger partial charge in [0.1, 0.15) is 5.54 Å². The fraction of sp³-hybridized carbons (Fsp3) is 0.304. The molecule has 3 aromatic rings. The Morgan fingerprint density at radius 2 is 1.77 bits per heavy atom. The van der Waals surface area contributed by atoms with Crippen LogP contribution in [0.2, 0.25) is 0 Å². The Labute approximate surface area is 185 Å². The second-order valence-corrected chi connectivity index (χ2v) is 9.19. The molecule has 0 saturated heterocycles. The number of para-hydroxylation sites is 2. The first-order valence-corrected chi connectivity index (χ1v) is 11.1. The molecule has 4 rings (SSSR count). The normalized spacial score (nSPS) is 15.9. The standard InChI is InChI=1S/C23H25N5O2S/c1-5-27-19(16-11-7-6-8-12-16)25-26-22(27)31-15(2)20(29)28-18-14-10-9-13-17(18)24-21(30)23(28,3)4/h6-15H,5H2,1-4H3,(H,24,30). The van der Waals surface area contributed by atoms with E-state index >= 15 is 0 Å². The summed E-state index contributed by atoms with van der Waals surface area (Å²) in [7, 11) is 0. The van der Waals surface area contributed by atoms with Gasteiger partial charge in [-0.15, -0.1) is 10.2 Å². The van der Waals surface area contributed by atoms with E-state index in [1.54, 1.807) is 24.8 Å². The molecule has 0 bridgehead atoms. The number of hydrogen-bond donors (Lipinski definition) is 1. The molecule has 2 heterocycles. The van der Waals surface area contributed by atoms with E-state index in [1.807, 2.05) is 66.9 Å². The van der Waals surface area contributed by atoms with Crippen molar-refractivity contribution >= 4 is 35.0 Å². The van der Waals surface area contributed by atoms with Crippen LogP contribution in [0.5, 0.6) is 0 Å². The van der Waals surface area contributed by atoms with Crippen molar-refractivity contribution in [3.05, 3.63) is 54.6 Å². The molecule has 1 aliphatic rings. The van der Waals surface area contributed by atoms with Crippen molar-refractivity contribution in [2.75, 3.05) is 10.2 Å². The van der Waals surface area contributed by atoms with Crippen molar-refractivity contribution in [2.24, 2.45) is 0 Å². The Hall–Kier alpha value is -3.13. The van der Waals surface area contributed by atoms with E-state index in [0.717, 1.165) is 11.4 Å². The summed E-state index contributed by atoms with van der Waals surface area (Å²) in [5.74, 6) is 0.414. The quantitative estimate of drug-likeness (QED) is 0.607. The van der Waals surface area contributed by atoms with Crippen LogP contribution in [-0.4, -0.2) is 37.4 Å². The Kier molecular flexibility index (Phi) is 5.58. The lowest BCUT2D eigenvalue weighted by Gasteiger charge is -2.43. The molecule has 0 radical (unpaired) electrons. The van der Waals surface area contributed by atoms with Crippen LogP contribution in [0, 0.1) is 0 Å². The molecule has 31 heavy (non-hydrogen) atoms. The largest absolute Gasteiger partial charge is 0.322 e. The van der Waals surface area contributed by atoms with Crippen LogP contribution in [0.4, 0.5) is 11.4 Å². The Bertz CT molecular complexity index is 1130.